The summed E-state index contributed by atoms with van der Waals surface area (Å²) in [5, 5.41) is 8.65. The molecule has 0 bridgehead atoms. The molecule has 2 aliphatic heterocycles. The number of nitrogens with zero attached hydrogens (tertiary/aromatic N) is 4. The van der Waals surface area contributed by atoms with Crippen LogP contribution in [0.15, 0.2) is 34.9 Å². The van der Waals surface area contributed by atoms with Crippen molar-refractivity contribution >= 4 is 80.3 Å². The number of piperidine rings is 1. The molecule has 2 aromatic heterocycles. The number of hydrogen-bond acceptors (Lipinski definition) is 8. The van der Waals surface area contributed by atoms with Crippen LogP contribution in [0.2, 0.25) is 15.1 Å². The van der Waals surface area contributed by atoms with E-state index < -0.39 is 6.10 Å². The number of oxime groups is 1. The largest absolute Gasteiger partial charge is 0.491 e. The van der Waals surface area contributed by atoms with Crippen molar-refractivity contribution in [2.45, 2.75) is 31.3 Å². The lowest BCUT2D eigenvalue weighted by molar-refractivity contribution is -0.134. The van der Waals surface area contributed by atoms with Gasteiger partial charge in [-0.05, 0) is 47.6 Å². The molecule has 2 aliphatic rings. The lowest BCUT2D eigenvalue weighted by Crippen LogP contribution is -2.40. The van der Waals surface area contributed by atoms with E-state index in [4.69, 9.17) is 54.1 Å². The fourth-order valence-corrected chi connectivity index (χ4v) is 6.89. The molecule has 1 fully saturated rings. The van der Waals surface area contributed by atoms with Crippen molar-refractivity contribution in [1.29, 1.82) is 0 Å². The predicted octanol–water partition coefficient (Wildman–Crippen LogP) is 6.76. The van der Waals surface area contributed by atoms with Crippen molar-refractivity contribution < 1.29 is 19.1 Å². The van der Waals surface area contributed by atoms with Crippen molar-refractivity contribution in [2.24, 2.45) is 5.16 Å². The number of halogens is 4. The highest BCUT2D eigenvalue weighted by Crippen LogP contribution is 2.40. The minimum absolute atomic E-state index is 0.0753. The van der Waals surface area contributed by atoms with Gasteiger partial charge in [0.1, 0.15) is 5.71 Å². The average Bonchev–Trinajstić information content (AvgIpc) is 3.57. The summed E-state index contributed by atoms with van der Waals surface area (Å²) < 4.78 is 11.9. The fraction of sp³-hybridized carbons (Fsp3) is 0.360. The number of methoxy groups -OCH3 is 1. The van der Waals surface area contributed by atoms with Crippen LogP contribution < -0.4 is 9.47 Å². The van der Waals surface area contributed by atoms with Crippen molar-refractivity contribution in [1.82, 2.24) is 14.9 Å². The number of ether oxygens (including phenoxy) is 2. The van der Waals surface area contributed by atoms with Crippen LogP contribution in [0.5, 0.6) is 11.6 Å². The Bertz CT molecular complexity index is 1360. The molecule has 1 atom stereocenters. The van der Waals surface area contributed by atoms with E-state index in [2.05, 4.69) is 32.7 Å². The quantitative estimate of drug-likeness (QED) is 0.253. The van der Waals surface area contributed by atoms with Crippen LogP contribution in [0.4, 0.5) is 0 Å². The minimum Gasteiger partial charge on any atom is -0.491 e. The van der Waals surface area contributed by atoms with Crippen molar-refractivity contribution in [3.63, 3.8) is 0 Å². The lowest BCUT2D eigenvalue weighted by Gasteiger charge is -2.31. The fourth-order valence-electron chi connectivity index (χ4n) is 4.41. The molecule has 1 aromatic carbocycles. The molecule has 0 saturated carbocycles. The Labute approximate surface area is 252 Å². The topological polar surface area (TPSA) is 86.1 Å². The highest BCUT2D eigenvalue weighted by molar-refractivity contribution is 14.1. The van der Waals surface area contributed by atoms with Crippen LogP contribution in [0.25, 0.3) is 0 Å². The Morgan fingerprint density at radius 2 is 1.95 bits per heavy atom. The van der Waals surface area contributed by atoms with Gasteiger partial charge in [-0.25, -0.2) is 9.97 Å². The van der Waals surface area contributed by atoms with E-state index in [-0.39, 0.29) is 18.4 Å². The smallest absolute Gasteiger partial charge is 0.260 e. The minimum atomic E-state index is -0.390. The van der Waals surface area contributed by atoms with Gasteiger partial charge in [0, 0.05) is 57.2 Å². The Balaban J connectivity index is 1.14. The Morgan fingerprint density at radius 1 is 1.21 bits per heavy atom. The normalized spacial score (nSPS) is 17.8. The molecule has 8 nitrogen and oxygen atoms in total. The van der Waals surface area contributed by atoms with Gasteiger partial charge in [0.2, 0.25) is 0 Å². The third kappa shape index (κ3) is 6.14. The first kappa shape index (κ1) is 27.7. The molecule has 13 heteroatoms. The molecule has 38 heavy (non-hydrogen) atoms. The molecule has 0 aliphatic carbocycles. The van der Waals surface area contributed by atoms with E-state index in [1.165, 1.54) is 0 Å². The summed E-state index contributed by atoms with van der Waals surface area (Å²) in [6.45, 7) is 1.19. The van der Waals surface area contributed by atoms with Crippen LogP contribution in [0, 0.1) is 3.57 Å². The van der Waals surface area contributed by atoms with Crippen LogP contribution in [-0.2, 0) is 9.63 Å². The van der Waals surface area contributed by atoms with E-state index in [9.17, 15) is 4.79 Å². The van der Waals surface area contributed by atoms with Crippen LogP contribution >= 0.6 is 68.7 Å². The summed E-state index contributed by atoms with van der Waals surface area (Å²) in [7, 11) is 1.55. The summed E-state index contributed by atoms with van der Waals surface area (Å²) in [6, 6.07) is 5.10. The maximum Gasteiger partial charge on any atom is 0.260 e. The van der Waals surface area contributed by atoms with Crippen molar-refractivity contribution in [3.8, 4) is 11.6 Å². The number of rotatable bonds is 7. The molecule has 0 spiro atoms. The molecule has 0 N–H and O–H groups in total. The predicted molar refractivity (Wildman–Crippen MR) is 156 cm³/mol. The number of hydrogen-bond donors (Lipinski definition) is 0. The lowest BCUT2D eigenvalue weighted by atomic mass is 9.97. The van der Waals surface area contributed by atoms with E-state index in [1.54, 1.807) is 36.8 Å². The van der Waals surface area contributed by atoms with Crippen LogP contribution in [0.3, 0.4) is 0 Å². The Kier molecular flexibility index (Phi) is 8.83. The monoisotopic (exact) mass is 706 g/mol. The Morgan fingerprint density at radius 3 is 2.66 bits per heavy atom. The Hall–Kier alpha value is -1.86. The number of likely N-dealkylation sites (tertiary alicyclic amines) is 1. The molecule has 1 amide bonds. The van der Waals surface area contributed by atoms with E-state index >= 15 is 0 Å². The van der Waals surface area contributed by atoms with Gasteiger partial charge < -0.3 is 19.2 Å². The maximum atomic E-state index is 12.7. The molecule has 200 valence electrons. The highest BCUT2D eigenvalue weighted by Gasteiger charge is 2.31. The summed E-state index contributed by atoms with van der Waals surface area (Å²) in [4.78, 5) is 29.3. The second-order valence-corrected chi connectivity index (χ2v) is 12.2. The third-order valence-corrected chi connectivity index (χ3v) is 8.83. The zero-order chi connectivity index (χ0) is 26.8. The second kappa shape index (κ2) is 12.1. The number of thiazole rings is 1. The molecule has 5 rings (SSSR count). The number of amides is 1. The second-order valence-electron chi connectivity index (χ2n) is 8.79. The highest BCUT2D eigenvalue weighted by atomic mass is 127. The average molecular weight is 708 g/mol. The summed E-state index contributed by atoms with van der Waals surface area (Å²) in [5.74, 6) is 1.02. The standard InChI is InChI=1S/C25H22Cl3IN4O4S/c1-35-21-8-15(29)10-30-24(21)36-11-22(34)33-4-2-13(3-5-33)25-31-19(12-38-25)18-9-20(37-32-18)23-16(27)6-14(26)7-17(23)28/h6-8,10,12-13,20H,2-5,9,11H2,1H3. The van der Waals surface area contributed by atoms with Crippen molar-refractivity contribution in [3.05, 3.63) is 64.7 Å². The number of pyridine rings is 1. The molecule has 1 saturated heterocycles. The van der Waals surface area contributed by atoms with E-state index in [0.29, 0.717) is 51.8 Å². The molecular formula is C25H22Cl3IN4O4S. The third-order valence-electron chi connectivity index (χ3n) is 6.39. The zero-order valence-corrected chi connectivity index (χ0v) is 25.4. The van der Waals surface area contributed by atoms with Gasteiger partial charge in [-0.2, -0.15) is 0 Å². The number of carbonyl (C=O) groups is 1. The summed E-state index contributed by atoms with van der Waals surface area (Å²) in [6.07, 6.45) is 3.44. The molecule has 3 aromatic rings. The number of carbonyl (C=O) groups excluding carboxylic acids is 1. The van der Waals surface area contributed by atoms with E-state index in [1.807, 2.05) is 16.3 Å². The summed E-state index contributed by atoms with van der Waals surface area (Å²) >= 11 is 22.5. The molecular weight excluding hydrogens is 686 g/mol. The summed E-state index contributed by atoms with van der Waals surface area (Å²) in [5.41, 5.74) is 2.22. The SMILES string of the molecule is COc1cc(I)cnc1OCC(=O)N1CCC(c2nc(C3=NOC(c4c(Cl)cc(Cl)cc4Cl)C3)cs2)CC1. The van der Waals surface area contributed by atoms with Crippen LogP contribution in [-0.4, -0.2) is 53.3 Å². The number of benzene rings is 1. The van der Waals surface area contributed by atoms with Gasteiger partial charge in [-0.3, -0.25) is 4.79 Å². The first-order valence-corrected chi connectivity index (χ1v) is 14.8. The van der Waals surface area contributed by atoms with Gasteiger partial charge in [0.05, 0.1) is 27.9 Å². The van der Waals surface area contributed by atoms with Crippen LogP contribution in [0.1, 0.15) is 47.5 Å². The maximum absolute atomic E-state index is 12.7. The zero-order valence-electron chi connectivity index (χ0n) is 20.1. The van der Waals surface area contributed by atoms with Gasteiger partial charge in [0.15, 0.2) is 18.5 Å². The first-order chi connectivity index (χ1) is 18.3. The van der Waals surface area contributed by atoms with Gasteiger partial charge >= 0.3 is 0 Å². The van der Waals surface area contributed by atoms with Gasteiger partial charge in [-0.15, -0.1) is 11.3 Å². The van der Waals surface area contributed by atoms with Gasteiger partial charge in [0.25, 0.3) is 11.8 Å². The molecule has 0 radical (unpaired) electrons. The van der Waals surface area contributed by atoms with Gasteiger partial charge in [-0.1, -0.05) is 40.0 Å². The van der Waals surface area contributed by atoms with E-state index in [0.717, 1.165) is 32.8 Å². The van der Waals surface area contributed by atoms with Crippen molar-refractivity contribution in [2.75, 3.05) is 26.8 Å². The molecule has 4 heterocycles. The first-order valence-electron chi connectivity index (χ1n) is 11.8. The number of aromatic nitrogens is 2. The molecule has 1 unspecified atom stereocenters.